The maximum Gasteiger partial charge on any atom is 0.251 e. The Morgan fingerprint density at radius 1 is 1.43 bits per heavy atom. The number of carbonyl (C=O) groups is 1. The van der Waals surface area contributed by atoms with Crippen LogP contribution in [-0.2, 0) is 0 Å². The normalized spacial score (nSPS) is 10.3. The Bertz CT molecular complexity index is 345. The van der Waals surface area contributed by atoms with Crippen LogP contribution < -0.4 is 11.1 Å². The number of nitrogens with one attached hydrogen (secondary N) is 1. The number of nitrogens with two attached hydrogens (primary N) is 1. The van der Waals surface area contributed by atoms with Crippen molar-refractivity contribution in [2.24, 2.45) is 0 Å². The maximum atomic E-state index is 11.6. The van der Waals surface area contributed by atoms with Crippen molar-refractivity contribution >= 4 is 11.6 Å². The zero-order chi connectivity index (χ0) is 10.7. The second-order valence-electron chi connectivity index (χ2n) is 3.70. The minimum atomic E-state index is -0.0771. The summed E-state index contributed by atoms with van der Waals surface area (Å²) in [6.07, 6.45) is 0. The van der Waals surface area contributed by atoms with E-state index in [0.717, 1.165) is 5.56 Å². The standard InChI is InChI=1S/C11H16N2O/c1-7(2)13-11(14)9-5-4-8(3)10(12)6-9/h4-7H,12H2,1-3H3,(H,13,14). The van der Waals surface area contributed by atoms with Gasteiger partial charge in [0.2, 0.25) is 0 Å². The number of carbonyl (C=O) groups excluding carboxylic acids is 1. The predicted molar refractivity (Wildman–Crippen MR) is 58.2 cm³/mol. The monoisotopic (exact) mass is 192 g/mol. The molecular weight excluding hydrogens is 176 g/mol. The molecule has 76 valence electrons. The van der Waals surface area contributed by atoms with Crippen molar-refractivity contribution in [1.29, 1.82) is 0 Å². The quantitative estimate of drug-likeness (QED) is 0.701. The van der Waals surface area contributed by atoms with Crippen molar-refractivity contribution in [3.63, 3.8) is 0 Å². The van der Waals surface area contributed by atoms with E-state index >= 15 is 0 Å². The Morgan fingerprint density at radius 2 is 2.07 bits per heavy atom. The van der Waals surface area contributed by atoms with Crippen LogP contribution in [0, 0.1) is 6.92 Å². The fourth-order valence-electron chi connectivity index (χ4n) is 1.13. The van der Waals surface area contributed by atoms with Crippen LogP contribution in [0.25, 0.3) is 0 Å². The van der Waals surface area contributed by atoms with E-state index in [4.69, 9.17) is 5.73 Å². The Balaban J connectivity index is 2.86. The van der Waals surface area contributed by atoms with Crippen LogP contribution in [0.2, 0.25) is 0 Å². The molecule has 14 heavy (non-hydrogen) atoms. The minimum absolute atomic E-state index is 0.0771. The van der Waals surface area contributed by atoms with E-state index in [2.05, 4.69) is 5.32 Å². The zero-order valence-electron chi connectivity index (χ0n) is 8.79. The average molecular weight is 192 g/mol. The van der Waals surface area contributed by atoms with Gasteiger partial charge in [-0.3, -0.25) is 4.79 Å². The summed E-state index contributed by atoms with van der Waals surface area (Å²) in [4.78, 5) is 11.6. The summed E-state index contributed by atoms with van der Waals surface area (Å²) in [6, 6.07) is 5.48. The van der Waals surface area contributed by atoms with Crippen molar-refractivity contribution in [1.82, 2.24) is 5.32 Å². The minimum Gasteiger partial charge on any atom is -0.398 e. The van der Waals surface area contributed by atoms with E-state index in [0.29, 0.717) is 11.3 Å². The second-order valence-corrected chi connectivity index (χ2v) is 3.70. The highest BCUT2D eigenvalue weighted by atomic mass is 16.1. The molecule has 3 nitrogen and oxygen atoms in total. The van der Waals surface area contributed by atoms with Crippen molar-refractivity contribution in [2.45, 2.75) is 26.8 Å². The lowest BCUT2D eigenvalue weighted by Gasteiger charge is -2.09. The summed E-state index contributed by atoms with van der Waals surface area (Å²) < 4.78 is 0. The van der Waals surface area contributed by atoms with Crippen LogP contribution >= 0.6 is 0 Å². The Morgan fingerprint density at radius 3 is 2.57 bits per heavy atom. The lowest BCUT2D eigenvalue weighted by Crippen LogP contribution is -2.30. The number of anilines is 1. The third-order valence-corrected chi connectivity index (χ3v) is 1.96. The van der Waals surface area contributed by atoms with E-state index < -0.39 is 0 Å². The smallest absolute Gasteiger partial charge is 0.251 e. The second kappa shape index (κ2) is 4.13. The molecule has 0 aliphatic rings. The van der Waals surface area contributed by atoms with Crippen LogP contribution in [0.5, 0.6) is 0 Å². The Hall–Kier alpha value is -1.51. The molecular formula is C11H16N2O. The van der Waals surface area contributed by atoms with Gasteiger partial charge in [0.1, 0.15) is 0 Å². The summed E-state index contributed by atoms with van der Waals surface area (Å²) in [5, 5.41) is 2.81. The molecule has 0 aliphatic carbocycles. The van der Waals surface area contributed by atoms with Crippen LogP contribution in [-0.4, -0.2) is 11.9 Å². The molecule has 0 unspecified atom stereocenters. The Labute approximate surface area is 84.3 Å². The third-order valence-electron chi connectivity index (χ3n) is 1.96. The highest BCUT2D eigenvalue weighted by Gasteiger charge is 2.07. The number of benzene rings is 1. The van der Waals surface area contributed by atoms with Gasteiger partial charge in [-0.1, -0.05) is 6.07 Å². The third kappa shape index (κ3) is 2.49. The molecule has 0 aliphatic heterocycles. The average Bonchev–Trinajstić information content (AvgIpc) is 2.08. The molecule has 0 bridgehead atoms. The molecule has 0 radical (unpaired) electrons. The lowest BCUT2D eigenvalue weighted by atomic mass is 10.1. The number of hydrogen-bond acceptors (Lipinski definition) is 2. The molecule has 0 fully saturated rings. The number of hydrogen-bond donors (Lipinski definition) is 2. The molecule has 3 N–H and O–H groups in total. The lowest BCUT2D eigenvalue weighted by molar-refractivity contribution is 0.0943. The van der Waals surface area contributed by atoms with Crippen molar-refractivity contribution in [2.75, 3.05) is 5.73 Å². The molecule has 1 rings (SSSR count). The van der Waals surface area contributed by atoms with Crippen LogP contribution in [0.4, 0.5) is 5.69 Å². The number of amides is 1. The first-order valence-electron chi connectivity index (χ1n) is 4.67. The molecule has 1 aromatic carbocycles. The SMILES string of the molecule is Cc1ccc(C(=O)NC(C)C)cc1N. The summed E-state index contributed by atoms with van der Waals surface area (Å²) in [5.74, 6) is -0.0771. The summed E-state index contributed by atoms with van der Waals surface area (Å²) in [6.45, 7) is 5.77. The first-order chi connectivity index (χ1) is 6.50. The molecule has 1 aromatic rings. The van der Waals surface area contributed by atoms with Gasteiger partial charge in [-0.05, 0) is 38.5 Å². The molecule has 0 heterocycles. The fraction of sp³-hybridized carbons (Fsp3) is 0.364. The van der Waals surface area contributed by atoms with E-state index in [-0.39, 0.29) is 11.9 Å². The summed E-state index contributed by atoms with van der Waals surface area (Å²) >= 11 is 0. The maximum absolute atomic E-state index is 11.6. The molecule has 0 spiro atoms. The van der Waals surface area contributed by atoms with Gasteiger partial charge < -0.3 is 11.1 Å². The van der Waals surface area contributed by atoms with Gasteiger partial charge >= 0.3 is 0 Å². The van der Waals surface area contributed by atoms with Crippen molar-refractivity contribution in [3.05, 3.63) is 29.3 Å². The molecule has 0 saturated heterocycles. The highest BCUT2D eigenvalue weighted by molar-refractivity contribution is 5.95. The summed E-state index contributed by atoms with van der Waals surface area (Å²) in [7, 11) is 0. The molecule has 3 heteroatoms. The molecule has 1 amide bonds. The van der Waals surface area contributed by atoms with Gasteiger partial charge in [0, 0.05) is 17.3 Å². The number of nitrogen functional groups attached to an aromatic ring is 1. The molecule has 0 saturated carbocycles. The van der Waals surface area contributed by atoms with Gasteiger partial charge in [-0.2, -0.15) is 0 Å². The van der Waals surface area contributed by atoms with E-state index in [1.807, 2.05) is 26.8 Å². The Kier molecular flexibility index (Phi) is 3.12. The topological polar surface area (TPSA) is 55.1 Å². The molecule has 0 aromatic heterocycles. The van der Waals surface area contributed by atoms with Crippen LogP contribution in [0.15, 0.2) is 18.2 Å². The fourth-order valence-corrected chi connectivity index (χ4v) is 1.13. The summed E-state index contributed by atoms with van der Waals surface area (Å²) in [5.41, 5.74) is 7.97. The number of aryl methyl sites for hydroxylation is 1. The van der Waals surface area contributed by atoms with Gasteiger partial charge in [-0.15, -0.1) is 0 Å². The first kappa shape index (κ1) is 10.6. The largest absolute Gasteiger partial charge is 0.398 e. The van der Waals surface area contributed by atoms with Gasteiger partial charge in [0.25, 0.3) is 5.91 Å². The van der Waals surface area contributed by atoms with Crippen LogP contribution in [0.3, 0.4) is 0 Å². The van der Waals surface area contributed by atoms with Gasteiger partial charge in [-0.25, -0.2) is 0 Å². The van der Waals surface area contributed by atoms with Crippen molar-refractivity contribution < 1.29 is 4.79 Å². The van der Waals surface area contributed by atoms with E-state index in [1.165, 1.54) is 0 Å². The predicted octanol–water partition coefficient (Wildman–Crippen LogP) is 1.72. The van der Waals surface area contributed by atoms with Crippen LogP contribution in [0.1, 0.15) is 29.8 Å². The zero-order valence-corrected chi connectivity index (χ0v) is 8.79. The van der Waals surface area contributed by atoms with Crippen molar-refractivity contribution in [3.8, 4) is 0 Å². The number of rotatable bonds is 2. The molecule has 0 atom stereocenters. The van der Waals surface area contributed by atoms with E-state index in [1.54, 1.807) is 12.1 Å². The first-order valence-corrected chi connectivity index (χ1v) is 4.67. The van der Waals surface area contributed by atoms with E-state index in [9.17, 15) is 4.79 Å². The highest BCUT2D eigenvalue weighted by Crippen LogP contribution is 2.12. The van der Waals surface area contributed by atoms with Gasteiger partial charge in [0.15, 0.2) is 0 Å². The van der Waals surface area contributed by atoms with Gasteiger partial charge in [0.05, 0.1) is 0 Å².